The average molecular weight is 325 g/mol. The molecule has 0 radical (unpaired) electrons. The van der Waals surface area contributed by atoms with Gasteiger partial charge in [-0.1, -0.05) is 17.7 Å². The van der Waals surface area contributed by atoms with E-state index >= 15 is 0 Å². The number of nitrogens with one attached hydrogen (secondary N) is 1. The van der Waals surface area contributed by atoms with Gasteiger partial charge in [0.25, 0.3) is 0 Å². The van der Waals surface area contributed by atoms with Crippen LogP contribution in [0.5, 0.6) is 0 Å². The van der Waals surface area contributed by atoms with Crippen LogP contribution in [0.4, 0.5) is 5.69 Å². The van der Waals surface area contributed by atoms with E-state index in [0.29, 0.717) is 0 Å². The van der Waals surface area contributed by atoms with E-state index in [1.807, 2.05) is 25.2 Å². The van der Waals surface area contributed by atoms with Gasteiger partial charge in [-0.15, -0.1) is 0 Å². The van der Waals surface area contributed by atoms with E-state index in [0.717, 1.165) is 56.7 Å². The fourth-order valence-corrected chi connectivity index (χ4v) is 2.78. The average Bonchev–Trinajstić information content (AvgIpc) is 2.55. The van der Waals surface area contributed by atoms with E-state index < -0.39 is 0 Å². The molecule has 0 aliphatic carbocycles. The molecule has 1 aromatic rings. The standard InChI is InChI=1S/C16H25ClN4O/c1-18-16(19-7-4-12-22-2)21-10-8-20(9-11-21)15-6-3-5-14(17)13-15/h3,5-6,13H,4,7-12H2,1-2H3,(H,18,19). The van der Waals surface area contributed by atoms with Crippen molar-refractivity contribution >= 4 is 23.2 Å². The number of piperazine rings is 1. The second-order valence-corrected chi connectivity index (χ2v) is 5.71. The smallest absolute Gasteiger partial charge is 0.193 e. The van der Waals surface area contributed by atoms with E-state index in [4.69, 9.17) is 16.3 Å². The summed E-state index contributed by atoms with van der Waals surface area (Å²) in [6.07, 6.45) is 0.984. The van der Waals surface area contributed by atoms with Crippen molar-refractivity contribution in [3.05, 3.63) is 29.3 Å². The van der Waals surface area contributed by atoms with Crippen LogP contribution >= 0.6 is 11.6 Å². The molecule has 0 aromatic heterocycles. The Morgan fingerprint density at radius 3 is 2.73 bits per heavy atom. The maximum atomic E-state index is 6.07. The first-order valence-corrected chi connectivity index (χ1v) is 8.07. The second-order valence-electron chi connectivity index (χ2n) is 5.27. The molecule has 1 N–H and O–H groups in total. The third-order valence-corrected chi connectivity index (χ3v) is 4.01. The van der Waals surface area contributed by atoms with Gasteiger partial charge < -0.3 is 19.9 Å². The third kappa shape index (κ3) is 4.78. The molecule has 122 valence electrons. The molecular formula is C16H25ClN4O. The highest BCUT2D eigenvalue weighted by atomic mass is 35.5. The normalized spacial score (nSPS) is 16.0. The number of nitrogens with zero attached hydrogens (tertiary/aromatic N) is 3. The van der Waals surface area contributed by atoms with Gasteiger partial charge in [0.15, 0.2) is 5.96 Å². The van der Waals surface area contributed by atoms with Crippen LogP contribution in [0.3, 0.4) is 0 Å². The quantitative estimate of drug-likeness (QED) is 0.511. The summed E-state index contributed by atoms with van der Waals surface area (Å²) in [5.41, 5.74) is 1.19. The summed E-state index contributed by atoms with van der Waals surface area (Å²) in [7, 11) is 3.56. The highest BCUT2D eigenvalue weighted by Gasteiger charge is 2.19. The Balaban J connectivity index is 1.83. The van der Waals surface area contributed by atoms with Gasteiger partial charge in [0.2, 0.25) is 0 Å². The maximum absolute atomic E-state index is 6.07. The highest BCUT2D eigenvalue weighted by Crippen LogP contribution is 2.20. The largest absolute Gasteiger partial charge is 0.385 e. The lowest BCUT2D eigenvalue weighted by Crippen LogP contribution is -2.52. The van der Waals surface area contributed by atoms with Crippen LogP contribution < -0.4 is 10.2 Å². The van der Waals surface area contributed by atoms with Crippen molar-refractivity contribution in [2.75, 3.05) is 58.4 Å². The molecule has 6 heteroatoms. The Bertz CT molecular complexity index is 487. The molecule has 0 spiro atoms. The van der Waals surface area contributed by atoms with Crippen LogP contribution in [0, 0.1) is 0 Å². The Morgan fingerprint density at radius 2 is 2.09 bits per heavy atom. The number of anilines is 1. The van der Waals surface area contributed by atoms with Crippen LogP contribution in [0.15, 0.2) is 29.3 Å². The lowest BCUT2D eigenvalue weighted by Gasteiger charge is -2.37. The number of benzene rings is 1. The summed E-state index contributed by atoms with van der Waals surface area (Å²) in [6, 6.07) is 8.04. The molecule has 1 fully saturated rings. The maximum Gasteiger partial charge on any atom is 0.193 e. The SMILES string of the molecule is CN=C(NCCCOC)N1CCN(c2cccc(Cl)c2)CC1. The van der Waals surface area contributed by atoms with E-state index in [-0.39, 0.29) is 0 Å². The van der Waals surface area contributed by atoms with Crippen LogP contribution in [0.1, 0.15) is 6.42 Å². The molecule has 0 saturated carbocycles. The number of guanidine groups is 1. The summed E-state index contributed by atoms with van der Waals surface area (Å²) >= 11 is 6.07. The fourth-order valence-electron chi connectivity index (χ4n) is 2.60. The highest BCUT2D eigenvalue weighted by molar-refractivity contribution is 6.30. The predicted octanol–water partition coefficient (Wildman–Crippen LogP) is 2.07. The minimum Gasteiger partial charge on any atom is -0.385 e. The predicted molar refractivity (Wildman–Crippen MR) is 93.1 cm³/mol. The van der Waals surface area contributed by atoms with Gasteiger partial charge in [0.05, 0.1) is 0 Å². The van der Waals surface area contributed by atoms with Crippen LogP contribution in [0.2, 0.25) is 5.02 Å². The Hall–Kier alpha value is -1.46. The molecule has 0 atom stereocenters. The zero-order chi connectivity index (χ0) is 15.8. The summed E-state index contributed by atoms with van der Waals surface area (Å²) in [6.45, 7) is 5.51. The van der Waals surface area contributed by atoms with Crippen molar-refractivity contribution in [2.24, 2.45) is 4.99 Å². The minimum absolute atomic E-state index is 0.770. The van der Waals surface area contributed by atoms with Gasteiger partial charge in [-0.05, 0) is 24.6 Å². The number of rotatable bonds is 5. The van der Waals surface area contributed by atoms with Gasteiger partial charge in [-0.2, -0.15) is 0 Å². The molecule has 1 aromatic carbocycles. The summed E-state index contributed by atoms with van der Waals surface area (Å²) in [4.78, 5) is 9.03. The van der Waals surface area contributed by atoms with Crippen LogP contribution in [0.25, 0.3) is 0 Å². The van der Waals surface area contributed by atoms with E-state index in [1.165, 1.54) is 5.69 Å². The van der Waals surface area contributed by atoms with Crippen molar-refractivity contribution in [1.29, 1.82) is 0 Å². The molecule has 5 nitrogen and oxygen atoms in total. The number of halogens is 1. The van der Waals surface area contributed by atoms with Crippen molar-refractivity contribution in [2.45, 2.75) is 6.42 Å². The van der Waals surface area contributed by atoms with Gasteiger partial charge in [-0.25, -0.2) is 0 Å². The fraction of sp³-hybridized carbons (Fsp3) is 0.562. The number of ether oxygens (including phenoxy) is 1. The number of methoxy groups -OCH3 is 1. The monoisotopic (exact) mass is 324 g/mol. The lowest BCUT2D eigenvalue weighted by atomic mass is 10.2. The number of hydrogen-bond donors (Lipinski definition) is 1. The van der Waals surface area contributed by atoms with Gasteiger partial charge in [0.1, 0.15) is 0 Å². The Labute approximate surface area is 137 Å². The van der Waals surface area contributed by atoms with Crippen LogP contribution in [-0.2, 0) is 4.74 Å². The third-order valence-electron chi connectivity index (χ3n) is 3.77. The second kappa shape index (κ2) is 8.86. The van der Waals surface area contributed by atoms with Gasteiger partial charge in [-0.3, -0.25) is 4.99 Å². The molecular weight excluding hydrogens is 300 g/mol. The molecule has 1 heterocycles. The summed E-state index contributed by atoms with van der Waals surface area (Å²) < 4.78 is 5.06. The van der Waals surface area contributed by atoms with Crippen molar-refractivity contribution < 1.29 is 4.74 Å². The molecule has 1 aliphatic rings. The van der Waals surface area contributed by atoms with Crippen LogP contribution in [-0.4, -0.2) is 64.3 Å². The van der Waals surface area contributed by atoms with E-state index in [9.17, 15) is 0 Å². The Morgan fingerprint density at radius 1 is 1.32 bits per heavy atom. The first kappa shape index (κ1) is 16.9. The molecule has 0 unspecified atom stereocenters. The number of aliphatic imine (C=N–C) groups is 1. The first-order valence-electron chi connectivity index (χ1n) is 7.69. The van der Waals surface area contributed by atoms with E-state index in [1.54, 1.807) is 7.11 Å². The molecule has 0 bridgehead atoms. The minimum atomic E-state index is 0.770. The van der Waals surface area contributed by atoms with Gasteiger partial charge >= 0.3 is 0 Å². The topological polar surface area (TPSA) is 40.1 Å². The summed E-state index contributed by atoms with van der Waals surface area (Å²) in [5.74, 6) is 0.974. The van der Waals surface area contributed by atoms with Crippen molar-refractivity contribution in [1.82, 2.24) is 10.2 Å². The molecule has 1 aliphatic heterocycles. The molecule has 2 rings (SSSR count). The Kier molecular flexibility index (Phi) is 6.80. The van der Waals surface area contributed by atoms with Crippen molar-refractivity contribution in [3.63, 3.8) is 0 Å². The molecule has 1 saturated heterocycles. The van der Waals surface area contributed by atoms with Gasteiger partial charge in [0, 0.05) is 64.2 Å². The lowest BCUT2D eigenvalue weighted by molar-refractivity contribution is 0.195. The first-order chi connectivity index (χ1) is 10.7. The zero-order valence-corrected chi connectivity index (χ0v) is 14.1. The molecule has 0 amide bonds. The number of hydrogen-bond acceptors (Lipinski definition) is 3. The summed E-state index contributed by atoms with van der Waals surface area (Å²) in [5, 5.41) is 4.18. The zero-order valence-electron chi connectivity index (χ0n) is 13.4. The molecule has 22 heavy (non-hydrogen) atoms. The van der Waals surface area contributed by atoms with E-state index in [2.05, 4.69) is 26.2 Å². The van der Waals surface area contributed by atoms with Crippen molar-refractivity contribution in [3.8, 4) is 0 Å².